The molecule has 0 saturated carbocycles. The van der Waals surface area contributed by atoms with Crippen LogP contribution in [-0.4, -0.2) is 32.1 Å². The fourth-order valence-corrected chi connectivity index (χ4v) is 3.10. The van der Waals surface area contributed by atoms with Gasteiger partial charge in [-0.2, -0.15) is 4.72 Å². The van der Waals surface area contributed by atoms with Crippen molar-refractivity contribution in [3.05, 3.63) is 24.3 Å². The van der Waals surface area contributed by atoms with E-state index in [4.69, 9.17) is 4.74 Å². The number of carbonyl (C=O) groups is 1. The summed E-state index contributed by atoms with van der Waals surface area (Å²) in [6.45, 7) is 7.29. The van der Waals surface area contributed by atoms with E-state index in [9.17, 15) is 18.3 Å². The van der Waals surface area contributed by atoms with Gasteiger partial charge in [0, 0.05) is 0 Å². The van der Waals surface area contributed by atoms with Gasteiger partial charge in [-0.3, -0.25) is 4.79 Å². The highest BCUT2D eigenvalue weighted by Gasteiger charge is 2.35. The molecule has 1 rings (SSSR count). The summed E-state index contributed by atoms with van der Waals surface area (Å²) in [5.41, 5.74) is -0.746. The molecule has 0 unspecified atom stereocenters. The Morgan fingerprint density at radius 2 is 1.81 bits per heavy atom. The Kier molecular flexibility index (Phi) is 5.36. The number of hydrogen-bond donors (Lipinski definition) is 2. The molecule has 0 radical (unpaired) electrons. The van der Waals surface area contributed by atoms with Gasteiger partial charge in [-0.1, -0.05) is 20.8 Å². The van der Waals surface area contributed by atoms with Gasteiger partial charge in [-0.15, -0.1) is 0 Å². The average molecular weight is 315 g/mol. The van der Waals surface area contributed by atoms with Gasteiger partial charge < -0.3 is 9.84 Å². The van der Waals surface area contributed by atoms with Gasteiger partial charge in [0.05, 0.1) is 11.5 Å². The molecule has 0 fully saturated rings. The van der Waals surface area contributed by atoms with E-state index in [0.717, 1.165) is 0 Å². The summed E-state index contributed by atoms with van der Waals surface area (Å²) in [5, 5.41) is 9.19. The lowest BCUT2D eigenvalue weighted by atomic mass is 9.88. The molecule has 21 heavy (non-hydrogen) atoms. The van der Waals surface area contributed by atoms with Gasteiger partial charge in [0.2, 0.25) is 10.0 Å². The Hall–Kier alpha value is -1.60. The van der Waals surface area contributed by atoms with Gasteiger partial charge >= 0.3 is 5.97 Å². The molecule has 2 N–H and O–H groups in total. The number of benzene rings is 1. The quantitative estimate of drug-likeness (QED) is 0.836. The summed E-state index contributed by atoms with van der Waals surface area (Å²) in [6, 6.07) is 4.62. The molecule has 7 heteroatoms. The van der Waals surface area contributed by atoms with Gasteiger partial charge in [0.1, 0.15) is 11.8 Å². The number of carboxylic acids is 1. The molecule has 0 aliphatic carbocycles. The van der Waals surface area contributed by atoms with Crippen molar-refractivity contribution in [2.45, 2.75) is 38.6 Å². The van der Waals surface area contributed by atoms with Crippen LogP contribution in [0.25, 0.3) is 0 Å². The highest BCUT2D eigenvalue weighted by molar-refractivity contribution is 7.89. The summed E-state index contributed by atoms with van der Waals surface area (Å²) in [5.74, 6) is -0.654. The summed E-state index contributed by atoms with van der Waals surface area (Å²) in [6.07, 6.45) is 0. The van der Waals surface area contributed by atoms with Crippen molar-refractivity contribution in [2.75, 3.05) is 6.61 Å². The van der Waals surface area contributed by atoms with E-state index in [1.807, 2.05) is 6.92 Å². The molecule has 6 nitrogen and oxygen atoms in total. The molecule has 0 heterocycles. The van der Waals surface area contributed by atoms with E-state index in [-0.39, 0.29) is 4.90 Å². The minimum Gasteiger partial charge on any atom is -0.494 e. The lowest BCUT2D eigenvalue weighted by Gasteiger charge is -2.27. The second-order valence-corrected chi connectivity index (χ2v) is 7.38. The smallest absolute Gasteiger partial charge is 0.322 e. The van der Waals surface area contributed by atoms with E-state index in [1.165, 1.54) is 24.3 Å². The second kappa shape index (κ2) is 6.44. The first-order valence-electron chi connectivity index (χ1n) is 6.56. The predicted octanol–water partition coefficient (Wildman–Crippen LogP) is 1.86. The van der Waals surface area contributed by atoms with Crippen LogP contribution in [0.15, 0.2) is 29.2 Å². The van der Waals surface area contributed by atoms with E-state index < -0.39 is 27.4 Å². The van der Waals surface area contributed by atoms with E-state index >= 15 is 0 Å². The minimum absolute atomic E-state index is 0.00135. The molecule has 0 aliphatic rings. The van der Waals surface area contributed by atoms with Gasteiger partial charge in [0.25, 0.3) is 0 Å². The van der Waals surface area contributed by atoms with Gasteiger partial charge in [0.15, 0.2) is 0 Å². The molecule has 0 aliphatic heterocycles. The molecular formula is C14H21NO5S. The molecule has 0 bridgehead atoms. The first-order valence-corrected chi connectivity index (χ1v) is 8.04. The van der Waals surface area contributed by atoms with Crippen LogP contribution in [-0.2, 0) is 14.8 Å². The second-order valence-electron chi connectivity index (χ2n) is 5.66. The molecule has 1 atom stereocenters. The van der Waals surface area contributed by atoms with E-state index in [1.54, 1.807) is 20.8 Å². The topological polar surface area (TPSA) is 92.7 Å². The minimum atomic E-state index is -3.91. The van der Waals surface area contributed by atoms with Crippen LogP contribution in [0.1, 0.15) is 27.7 Å². The number of sulfonamides is 1. The number of rotatable bonds is 6. The third-order valence-corrected chi connectivity index (χ3v) is 4.27. The summed E-state index contributed by atoms with van der Waals surface area (Å²) >= 11 is 0. The molecular weight excluding hydrogens is 294 g/mol. The Morgan fingerprint density at radius 3 is 2.19 bits per heavy atom. The monoisotopic (exact) mass is 315 g/mol. The lowest BCUT2D eigenvalue weighted by Crippen LogP contribution is -2.48. The molecule has 1 aromatic rings. The molecule has 0 spiro atoms. The van der Waals surface area contributed by atoms with Crippen molar-refractivity contribution >= 4 is 16.0 Å². The third kappa shape index (κ3) is 4.71. The van der Waals surface area contributed by atoms with E-state index in [2.05, 4.69) is 4.72 Å². The zero-order chi connectivity index (χ0) is 16.3. The zero-order valence-electron chi connectivity index (χ0n) is 12.6. The third-order valence-electron chi connectivity index (χ3n) is 2.83. The van der Waals surface area contributed by atoms with Gasteiger partial charge in [-0.25, -0.2) is 8.42 Å². The maximum Gasteiger partial charge on any atom is 0.322 e. The number of carboxylic acid groups (broad SMARTS) is 1. The van der Waals surface area contributed by atoms with Crippen LogP contribution >= 0.6 is 0 Å². The molecule has 0 saturated heterocycles. The fraction of sp³-hybridized carbons (Fsp3) is 0.500. The Morgan fingerprint density at radius 1 is 1.29 bits per heavy atom. The molecule has 118 valence electrons. The van der Waals surface area contributed by atoms with Crippen molar-refractivity contribution < 1.29 is 23.1 Å². The van der Waals surface area contributed by atoms with Crippen LogP contribution in [0.5, 0.6) is 5.75 Å². The van der Waals surface area contributed by atoms with Crippen molar-refractivity contribution in [1.82, 2.24) is 4.72 Å². The average Bonchev–Trinajstić information content (AvgIpc) is 2.35. The van der Waals surface area contributed by atoms with Crippen LogP contribution in [0.3, 0.4) is 0 Å². The van der Waals surface area contributed by atoms with Crippen LogP contribution in [0.4, 0.5) is 0 Å². The maximum absolute atomic E-state index is 12.2. The van der Waals surface area contributed by atoms with Crippen LogP contribution in [0, 0.1) is 5.41 Å². The van der Waals surface area contributed by atoms with E-state index in [0.29, 0.717) is 12.4 Å². The number of aliphatic carboxylic acids is 1. The predicted molar refractivity (Wildman–Crippen MR) is 78.8 cm³/mol. The number of hydrogen-bond acceptors (Lipinski definition) is 4. The Balaban J connectivity index is 3.02. The standard InChI is InChI=1S/C14H21NO5S/c1-5-20-10-6-8-11(9-7-10)21(18,19)15-12(13(16)17)14(2,3)4/h6-9,12,15H,5H2,1-4H3,(H,16,17)/t12-/m0/s1. The van der Waals surface area contributed by atoms with Crippen molar-refractivity contribution in [3.8, 4) is 5.75 Å². The summed E-state index contributed by atoms with van der Waals surface area (Å²) in [7, 11) is -3.91. The fourth-order valence-electron chi connectivity index (χ4n) is 1.70. The Labute approximate surface area is 125 Å². The number of ether oxygens (including phenoxy) is 1. The van der Waals surface area contributed by atoms with Crippen molar-refractivity contribution in [2.24, 2.45) is 5.41 Å². The summed E-state index contributed by atoms with van der Waals surface area (Å²) < 4.78 is 32.0. The van der Waals surface area contributed by atoms with Crippen molar-refractivity contribution in [1.29, 1.82) is 0 Å². The Bertz CT molecular complexity index is 587. The highest BCUT2D eigenvalue weighted by Crippen LogP contribution is 2.22. The SMILES string of the molecule is CCOc1ccc(S(=O)(=O)N[C@@H](C(=O)O)C(C)(C)C)cc1. The molecule has 0 amide bonds. The molecule has 0 aromatic heterocycles. The zero-order valence-corrected chi connectivity index (χ0v) is 13.4. The largest absolute Gasteiger partial charge is 0.494 e. The summed E-state index contributed by atoms with van der Waals surface area (Å²) in [4.78, 5) is 11.2. The lowest BCUT2D eigenvalue weighted by molar-refractivity contribution is -0.141. The van der Waals surface area contributed by atoms with Crippen LogP contribution < -0.4 is 9.46 Å². The van der Waals surface area contributed by atoms with Crippen molar-refractivity contribution in [3.63, 3.8) is 0 Å². The maximum atomic E-state index is 12.2. The number of nitrogens with one attached hydrogen (secondary N) is 1. The molecule has 1 aromatic carbocycles. The normalized spacial score (nSPS) is 13.7. The first kappa shape index (κ1) is 17.5. The van der Waals surface area contributed by atoms with Gasteiger partial charge in [-0.05, 0) is 36.6 Å². The first-order chi connectivity index (χ1) is 9.58. The highest BCUT2D eigenvalue weighted by atomic mass is 32.2. The van der Waals surface area contributed by atoms with Crippen LogP contribution in [0.2, 0.25) is 0 Å².